The van der Waals surface area contributed by atoms with Crippen LogP contribution in [0.2, 0.25) is 0 Å². The van der Waals surface area contributed by atoms with Crippen LogP contribution in [0.3, 0.4) is 0 Å². The third-order valence-electron chi connectivity index (χ3n) is 2.86. The molecular weight excluding hydrogens is 223 g/mol. The van der Waals surface area contributed by atoms with Gasteiger partial charge in [0.15, 0.2) is 0 Å². The van der Waals surface area contributed by atoms with E-state index < -0.39 is 0 Å². The minimum Gasteiger partial charge on any atom is -0.0745 e. The second kappa shape index (κ2) is 6.55. The molecule has 0 aliphatic heterocycles. The number of aryl methyl sites for hydroxylation is 2. The quantitative estimate of drug-likeness (QED) is 0.663. The Morgan fingerprint density at radius 2 is 1.47 bits per heavy atom. The minimum absolute atomic E-state index is 0.0321. The predicted octanol–water partition coefficient (Wildman–Crippen LogP) is 4.72. The molecule has 0 saturated carbocycles. The molecule has 0 nitrogen and oxygen atoms in total. The molecule has 96 valence electrons. The second-order valence-electron chi connectivity index (χ2n) is 5.98. The van der Waals surface area contributed by atoms with Crippen LogP contribution >= 0.6 is 7.92 Å². The van der Waals surface area contributed by atoms with E-state index in [4.69, 9.17) is 0 Å². The van der Waals surface area contributed by atoms with Gasteiger partial charge in [-0.3, -0.25) is 0 Å². The van der Waals surface area contributed by atoms with Gasteiger partial charge in [0.2, 0.25) is 0 Å². The molecule has 0 atom stereocenters. The average Bonchev–Trinajstić information content (AvgIpc) is 2.14. The van der Waals surface area contributed by atoms with E-state index >= 15 is 0 Å². The van der Waals surface area contributed by atoms with E-state index in [0.717, 1.165) is 11.8 Å². The average molecular weight is 250 g/mol. The molecule has 0 unspecified atom stereocenters. The van der Waals surface area contributed by atoms with Gasteiger partial charge in [-0.05, 0) is 48.9 Å². The zero-order valence-corrected chi connectivity index (χ0v) is 13.1. The van der Waals surface area contributed by atoms with Crippen molar-refractivity contribution in [3.63, 3.8) is 0 Å². The van der Waals surface area contributed by atoms with E-state index in [-0.39, 0.29) is 7.92 Å². The summed E-state index contributed by atoms with van der Waals surface area (Å²) in [6.07, 6.45) is 2.74. The lowest BCUT2D eigenvalue weighted by atomic mass is 10.2. The largest absolute Gasteiger partial charge is 0.0745 e. The van der Waals surface area contributed by atoms with E-state index in [0.29, 0.717) is 0 Å². The number of hydrogen-bond donors (Lipinski definition) is 0. The van der Waals surface area contributed by atoms with Crippen molar-refractivity contribution in [2.24, 2.45) is 11.8 Å². The lowest BCUT2D eigenvalue weighted by Crippen LogP contribution is -2.15. The summed E-state index contributed by atoms with van der Waals surface area (Å²) >= 11 is 0. The first-order valence-electron chi connectivity index (χ1n) is 6.72. The van der Waals surface area contributed by atoms with Crippen molar-refractivity contribution in [1.82, 2.24) is 0 Å². The van der Waals surface area contributed by atoms with Gasteiger partial charge < -0.3 is 0 Å². The summed E-state index contributed by atoms with van der Waals surface area (Å²) in [6, 6.07) is 6.99. The van der Waals surface area contributed by atoms with Crippen LogP contribution in [0.15, 0.2) is 18.2 Å². The normalized spacial score (nSPS) is 11.8. The molecule has 0 heterocycles. The zero-order chi connectivity index (χ0) is 13.0. The number of benzene rings is 1. The SMILES string of the molecule is Cc1ccc(P(CC(C)C)CC(C)C)c(C)c1. The van der Waals surface area contributed by atoms with Crippen LogP contribution in [-0.2, 0) is 0 Å². The first-order valence-corrected chi connectivity index (χ1v) is 8.43. The van der Waals surface area contributed by atoms with Crippen molar-refractivity contribution in [2.75, 3.05) is 12.3 Å². The third kappa shape index (κ3) is 4.80. The summed E-state index contributed by atoms with van der Waals surface area (Å²) in [5.74, 6) is 1.61. The van der Waals surface area contributed by atoms with Crippen LogP contribution in [-0.4, -0.2) is 12.3 Å². The van der Waals surface area contributed by atoms with Gasteiger partial charge in [-0.1, -0.05) is 59.4 Å². The van der Waals surface area contributed by atoms with Crippen molar-refractivity contribution in [1.29, 1.82) is 0 Å². The Labute approximate surface area is 109 Å². The van der Waals surface area contributed by atoms with Crippen LogP contribution in [0, 0.1) is 25.7 Å². The summed E-state index contributed by atoms with van der Waals surface area (Å²) in [4.78, 5) is 0. The highest BCUT2D eigenvalue weighted by Crippen LogP contribution is 2.39. The Morgan fingerprint density at radius 1 is 0.941 bits per heavy atom. The molecule has 1 rings (SSSR count). The maximum Gasteiger partial charge on any atom is -0.0211 e. The van der Waals surface area contributed by atoms with E-state index in [1.165, 1.54) is 23.5 Å². The Morgan fingerprint density at radius 3 is 1.88 bits per heavy atom. The fourth-order valence-corrected chi connectivity index (χ4v) is 5.47. The van der Waals surface area contributed by atoms with Gasteiger partial charge in [-0.2, -0.15) is 0 Å². The molecular formula is C16H27P. The first kappa shape index (κ1) is 14.7. The first-order chi connectivity index (χ1) is 7.90. The molecule has 17 heavy (non-hydrogen) atoms. The van der Waals surface area contributed by atoms with E-state index in [1.807, 2.05) is 0 Å². The van der Waals surface area contributed by atoms with Gasteiger partial charge in [0.05, 0.1) is 0 Å². The maximum atomic E-state index is 2.38. The molecule has 0 radical (unpaired) electrons. The Hall–Kier alpha value is -0.350. The van der Waals surface area contributed by atoms with Gasteiger partial charge in [0.1, 0.15) is 0 Å². The lowest BCUT2D eigenvalue weighted by Gasteiger charge is -2.24. The van der Waals surface area contributed by atoms with Crippen LogP contribution in [0.5, 0.6) is 0 Å². The fraction of sp³-hybridized carbons (Fsp3) is 0.625. The minimum atomic E-state index is 0.0321. The van der Waals surface area contributed by atoms with E-state index in [1.54, 1.807) is 5.30 Å². The molecule has 0 spiro atoms. The molecule has 0 saturated heterocycles. The zero-order valence-electron chi connectivity index (χ0n) is 12.2. The van der Waals surface area contributed by atoms with Crippen LogP contribution in [0.25, 0.3) is 0 Å². The summed E-state index contributed by atoms with van der Waals surface area (Å²) in [7, 11) is 0.0321. The van der Waals surface area contributed by atoms with Crippen LogP contribution < -0.4 is 5.30 Å². The van der Waals surface area contributed by atoms with Gasteiger partial charge >= 0.3 is 0 Å². The summed E-state index contributed by atoms with van der Waals surface area (Å²) in [5.41, 5.74) is 2.88. The molecule has 0 aromatic heterocycles. The van der Waals surface area contributed by atoms with Crippen molar-refractivity contribution < 1.29 is 0 Å². The molecule has 0 aliphatic carbocycles. The van der Waals surface area contributed by atoms with Crippen LogP contribution in [0.1, 0.15) is 38.8 Å². The van der Waals surface area contributed by atoms with Crippen LogP contribution in [0.4, 0.5) is 0 Å². The van der Waals surface area contributed by atoms with Gasteiger partial charge in [0.25, 0.3) is 0 Å². The smallest absolute Gasteiger partial charge is 0.0211 e. The molecule has 0 N–H and O–H groups in total. The second-order valence-corrected chi connectivity index (χ2v) is 8.27. The molecule has 1 aromatic carbocycles. The monoisotopic (exact) mass is 250 g/mol. The van der Waals surface area contributed by atoms with Crippen molar-refractivity contribution in [3.05, 3.63) is 29.3 Å². The highest BCUT2D eigenvalue weighted by Gasteiger charge is 2.16. The van der Waals surface area contributed by atoms with Gasteiger partial charge in [0, 0.05) is 0 Å². The molecule has 0 amide bonds. The fourth-order valence-electron chi connectivity index (χ4n) is 2.31. The molecule has 1 aromatic rings. The van der Waals surface area contributed by atoms with Crippen molar-refractivity contribution in [2.45, 2.75) is 41.5 Å². The predicted molar refractivity (Wildman–Crippen MR) is 81.9 cm³/mol. The van der Waals surface area contributed by atoms with Gasteiger partial charge in [-0.15, -0.1) is 0 Å². The van der Waals surface area contributed by atoms with E-state index in [9.17, 15) is 0 Å². The highest BCUT2D eigenvalue weighted by atomic mass is 31.1. The summed E-state index contributed by atoms with van der Waals surface area (Å²) < 4.78 is 0. The van der Waals surface area contributed by atoms with Crippen molar-refractivity contribution >= 4 is 13.2 Å². The molecule has 0 aliphatic rings. The number of rotatable bonds is 5. The number of hydrogen-bond acceptors (Lipinski definition) is 0. The summed E-state index contributed by atoms with van der Waals surface area (Å²) in [5, 5.41) is 1.63. The molecule has 0 bridgehead atoms. The lowest BCUT2D eigenvalue weighted by molar-refractivity contribution is 0.721. The Balaban J connectivity index is 2.95. The summed E-state index contributed by atoms with van der Waals surface area (Å²) in [6.45, 7) is 13.8. The van der Waals surface area contributed by atoms with Crippen molar-refractivity contribution in [3.8, 4) is 0 Å². The molecule has 1 heteroatoms. The topological polar surface area (TPSA) is 0 Å². The standard InChI is InChI=1S/C16H27P/c1-12(2)10-17(11-13(3)4)16-8-7-14(5)9-15(16)6/h7-9,12-13H,10-11H2,1-6H3. The maximum absolute atomic E-state index is 2.38. The third-order valence-corrected chi connectivity index (χ3v) is 6.39. The highest BCUT2D eigenvalue weighted by molar-refractivity contribution is 7.65. The van der Waals surface area contributed by atoms with Gasteiger partial charge in [-0.25, -0.2) is 0 Å². The Bertz CT molecular complexity index is 343. The van der Waals surface area contributed by atoms with E-state index in [2.05, 4.69) is 59.7 Å². The Kier molecular flexibility index (Phi) is 5.67. The molecule has 0 fully saturated rings.